The number of aliphatic hydroxyl groups is 1. The molecule has 0 amide bonds. The van der Waals surface area contributed by atoms with Crippen LogP contribution in [0.3, 0.4) is 0 Å². The Balaban J connectivity index is 1.54. The molecule has 0 spiro atoms. The van der Waals surface area contributed by atoms with Crippen molar-refractivity contribution in [3.05, 3.63) is 46.4 Å². The Morgan fingerprint density at radius 1 is 1.25 bits per heavy atom. The third kappa shape index (κ3) is 3.32. The summed E-state index contributed by atoms with van der Waals surface area (Å²) in [6.45, 7) is 2.46. The van der Waals surface area contributed by atoms with Crippen LogP contribution in [0.1, 0.15) is 36.3 Å². The maximum absolute atomic E-state index is 10.3. The van der Waals surface area contributed by atoms with Gasteiger partial charge in [-0.1, -0.05) is 18.9 Å². The van der Waals surface area contributed by atoms with Crippen molar-refractivity contribution in [2.75, 3.05) is 6.54 Å². The van der Waals surface area contributed by atoms with Crippen LogP contribution in [0.5, 0.6) is 0 Å². The lowest BCUT2D eigenvalue weighted by molar-refractivity contribution is 0.0473. The topological polar surface area (TPSA) is 37.2 Å². The minimum atomic E-state index is -0.467. The third-order valence-corrected chi connectivity index (χ3v) is 4.99. The predicted molar refractivity (Wildman–Crippen MR) is 83.0 cm³/mol. The molecule has 2 heterocycles. The lowest BCUT2D eigenvalue weighted by Crippen LogP contribution is -2.37. The highest BCUT2D eigenvalue weighted by Crippen LogP contribution is 2.28. The molecule has 1 aliphatic carbocycles. The zero-order chi connectivity index (χ0) is 13.8. The van der Waals surface area contributed by atoms with Crippen LogP contribution in [0.15, 0.2) is 35.8 Å². The van der Waals surface area contributed by atoms with Crippen LogP contribution < -0.4 is 5.32 Å². The first-order chi connectivity index (χ1) is 9.75. The van der Waals surface area contributed by atoms with Crippen LogP contribution >= 0.6 is 11.3 Å². The molecule has 2 aromatic heterocycles. The van der Waals surface area contributed by atoms with Gasteiger partial charge in [0.25, 0.3) is 0 Å². The van der Waals surface area contributed by atoms with Crippen LogP contribution in [0.4, 0.5) is 0 Å². The summed E-state index contributed by atoms with van der Waals surface area (Å²) in [6, 6.07) is 8.51. The molecule has 3 nitrogen and oxygen atoms in total. The lowest BCUT2D eigenvalue weighted by Gasteiger charge is -2.22. The van der Waals surface area contributed by atoms with Gasteiger partial charge in [-0.25, -0.2) is 0 Å². The highest BCUT2D eigenvalue weighted by molar-refractivity contribution is 7.09. The van der Waals surface area contributed by atoms with Crippen LogP contribution in [0.2, 0.25) is 0 Å². The van der Waals surface area contributed by atoms with E-state index in [1.54, 1.807) is 11.3 Å². The number of thiophene rings is 1. The molecule has 0 unspecified atom stereocenters. The molecule has 0 atom stereocenters. The molecule has 0 bridgehead atoms. The first-order valence-electron chi connectivity index (χ1n) is 7.35. The van der Waals surface area contributed by atoms with Gasteiger partial charge in [-0.2, -0.15) is 0 Å². The van der Waals surface area contributed by atoms with E-state index in [0.29, 0.717) is 6.54 Å². The summed E-state index contributed by atoms with van der Waals surface area (Å²) in [6.07, 6.45) is 6.33. The smallest absolute Gasteiger partial charge is 0.0771 e. The fraction of sp³-hybridized carbons (Fsp3) is 0.500. The van der Waals surface area contributed by atoms with E-state index >= 15 is 0 Å². The molecule has 0 aromatic carbocycles. The fourth-order valence-electron chi connectivity index (χ4n) is 2.97. The molecule has 2 aromatic rings. The second-order valence-electron chi connectivity index (χ2n) is 5.74. The molecule has 2 N–H and O–H groups in total. The van der Waals surface area contributed by atoms with Crippen LogP contribution in [-0.2, 0) is 13.1 Å². The zero-order valence-corrected chi connectivity index (χ0v) is 12.5. The minimum Gasteiger partial charge on any atom is -0.389 e. The summed E-state index contributed by atoms with van der Waals surface area (Å²) in [5.41, 5.74) is 0.811. The Labute approximate surface area is 124 Å². The van der Waals surface area contributed by atoms with Crippen LogP contribution in [0, 0.1) is 0 Å². The number of aromatic nitrogens is 1. The van der Waals surface area contributed by atoms with E-state index in [1.807, 2.05) is 0 Å². The van der Waals surface area contributed by atoms with Crippen molar-refractivity contribution < 1.29 is 5.11 Å². The quantitative estimate of drug-likeness (QED) is 0.858. The molecular formula is C16H22N2OS. The molecular weight excluding hydrogens is 268 g/mol. The number of nitrogens with zero attached hydrogens (tertiary/aromatic N) is 1. The number of hydrogen-bond acceptors (Lipinski definition) is 3. The van der Waals surface area contributed by atoms with Crippen LogP contribution in [0.25, 0.3) is 0 Å². The van der Waals surface area contributed by atoms with E-state index in [1.165, 1.54) is 10.6 Å². The van der Waals surface area contributed by atoms with Crippen molar-refractivity contribution >= 4 is 11.3 Å². The van der Waals surface area contributed by atoms with Crippen molar-refractivity contribution in [3.8, 4) is 0 Å². The zero-order valence-electron chi connectivity index (χ0n) is 11.7. The van der Waals surface area contributed by atoms with Gasteiger partial charge in [0.2, 0.25) is 0 Å². The van der Waals surface area contributed by atoms with E-state index < -0.39 is 5.60 Å². The number of nitrogens with one attached hydrogen (secondary N) is 1. The first kappa shape index (κ1) is 13.9. The van der Waals surface area contributed by atoms with Gasteiger partial charge in [-0.15, -0.1) is 11.3 Å². The Morgan fingerprint density at radius 3 is 2.85 bits per heavy atom. The van der Waals surface area contributed by atoms with E-state index in [2.05, 4.69) is 45.7 Å². The molecule has 0 radical (unpaired) electrons. The summed E-state index contributed by atoms with van der Waals surface area (Å²) >= 11 is 1.79. The van der Waals surface area contributed by atoms with Gasteiger partial charge < -0.3 is 15.0 Å². The van der Waals surface area contributed by atoms with E-state index in [-0.39, 0.29) is 0 Å². The lowest BCUT2D eigenvalue weighted by atomic mass is 10.0. The average molecular weight is 290 g/mol. The van der Waals surface area contributed by atoms with E-state index in [9.17, 15) is 5.11 Å². The Morgan fingerprint density at radius 2 is 2.10 bits per heavy atom. The number of rotatable bonds is 6. The predicted octanol–water partition coefficient (Wildman–Crippen LogP) is 2.99. The summed E-state index contributed by atoms with van der Waals surface area (Å²) < 4.78 is 2.28. The summed E-state index contributed by atoms with van der Waals surface area (Å²) in [5, 5.41) is 15.9. The van der Waals surface area contributed by atoms with Crippen LogP contribution in [-0.4, -0.2) is 21.8 Å². The summed E-state index contributed by atoms with van der Waals surface area (Å²) in [7, 11) is 0. The molecule has 4 heteroatoms. The molecule has 3 rings (SSSR count). The van der Waals surface area contributed by atoms with Gasteiger partial charge in [0.1, 0.15) is 0 Å². The Bertz CT molecular complexity index is 526. The van der Waals surface area contributed by atoms with Gasteiger partial charge in [-0.05, 0) is 36.4 Å². The van der Waals surface area contributed by atoms with Gasteiger partial charge in [0.15, 0.2) is 0 Å². The highest BCUT2D eigenvalue weighted by Gasteiger charge is 2.30. The molecule has 0 saturated heterocycles. The molecule has 1 saturated carbocycles. The van der Waals surface area contributed by atoms with Crippen molar-refractivity contribution in [3.63, 3.8) is 0 Å². The van der Waals surface area contributed by atoms with E-state index in [0.717, 1.165) is 38.8 Å². The molecule has 1 aliphatic rings. The largest absolute Gasteiger partial charge is 0.389 e. The Kier molecular flexibility index (Phi) is 4.24. The van der Waals surface area contributed by atoms with Gasteiger partial charge >= 0.3 is 0 Å². The van der Waals surface area contributed by atoms with Crippen molar-refractivity contribution in [1.29, 1.82) is 0 Å². The minimum absolute atomic E-state index is 0.467. The van der Waals surface area contributed by atoms with Crippen molar-refractivity contribution in [2.24, 2.45) is 0 Å². The monoisotopic (exact) mass is 290 g/mol. The average Bonchev–Trinajstić information content (AvgIpc) is 3.14. The second kappa shape index (κ2) is 6.12. The van der Waals surface area contributed by atoms with Gasteiger partial charge in [0.05, 0.1) is 12.1 Å². The molecule has 0 aliphatic heterocycles. The maximum Gasteiger partial charge on any atom is 0.0771 e. The SMILES string of the molecule is OC1(CNCc2cccn2Cc2cccs2)CCCC1. The van der Waals surface area contributed by atoms with Gasteiger partial charge in [0, 0.05) is 29.9 Å². The molecule has 1 fully saturated rings. The summed E-state index contributed by atoms with van der Waals surface area (Å²) in [4.78, 5) is 1.37. The normalized spacial score (nSPS) is 17.6. The molecule has 20 heavy (non-hydrogen) atoms. The van der Waals surface area contributed by atoms with Crippen molar-refractivity contribution in [1.82, 2.24) is 9.88 Å². The molecule has 108 valence electrons. The fourth-order valence-corrected chi connectivity index (χ4v) is 3.67. The highest BCUT2D eigenvalue weighted by atomic mass is 32.1. The Hall–Kier alpha value is -1.10. The number of hydrogen-bond donors (Lipinski definition) is 2. The van der Waals surface area contributed by atoms with Crippen molar-refractivity contribution in [2.45, 2.75) is 44.4 Å². The standard InChI is InChI=1S/C16H22N2OS/c19-16(7-1-2-8-16)13-17-11-14-5-3-9-18(14)12-15-6-4-10-20-15/h3-6,9-10,17,19H,1-2,7-8,11-13H2. The first-order valence-corrected chi connectivity index (χ1v) is 8.23. The third-order valence-electron chi connectivity index (χ3n) is 4.12. The maximum atomic E-state index is 10.3. The van der Waals surface area contributed by atoms with Gasteiger partial charge in [-0.3, -0.25) is 0 Å². The summed E-state index contributed by atoms with van der Waals surface area (Å²) in [5.74, 6) is 0. The second-order valence-corrected chi connectivity index (χ2v) is 6.77. The van der Waals surface area contributed by atoms with E-state index in [4.69, 9.17) is 0 Å².